The van der Waals surface area contributed by atoms with E-state index < -0.39 is 17.8 Å². The number of esters is 1. The maximum absolute atomic E-state index is 13.1. The van der Waals surface area contributed by atoms with E-state index in [-0.39, 0.29) is 28.2 Å². The third kappa shape index (κ3) is 3.71. The number of ether oxygens (including phenoxy) is 1. The summed E-state index contributed by atoms with van der Waals surface area (Å²) in [4.78, 5) is 51.5. The van der Waals surface area contributed by atoms with Gasteiger partial charge in [-0.05, 0) is 73.5 Å². The van der Waals surface area contributed by atoms with Crippen molar-refractivity contribution < 1.29 is 23.9 Å². The van der Waals surface area contributed by atoms with Crippen molar-refractivity contribution in [2.45, 2.75) is 27.2 Å². The van der Waals surface area contributed by atoms with E-state index in [1.807, 2.05) is 26.0 Å². The summed E-state index contributed by atoms with van der Waals surface area (Å²) < 4.78 is 5.38. The third-order valence-corrected chi connectivity index (χ3v) is 5.44. The van der Waals surface area contributed by atoms with Gasteiger partial charge in [0.25, 0.3) is 11.8 Å². The molecule has 160 valence electrons. The first-order valence-electron chi connectivity index (χ1n) is 10.3. The first-order chi connectivity index (χ1) is 15.3. The molecule has 0 spiro atoms. The predicted molar refractivity (Wildman–Crippen MR) is 120 cm³/mol. The molecule has 2 amide bonds. The van der Waals surface area contributed by atoms with Crippen LogP contribution in [0.4, 0.5) is 5.69 Å². The predicted octanol–water partition coefficient (Wildman–Crippen LogP) is 4.92. The molecule has 0 unspecified atom stereocenters. The lowest BCUT2D eigenvalue weighted by Gasteiger charge is -2.17. The molecule has 0 radical (unpaired) electrons. The van der Waals surface area contributed by atoms with Crippen molar-refractivity contribution >= 4 is 29.3 Å². The quantitative estimate of drug-likeness (QED) is 0.250. The van der Waals surface area contributed by atoms with Crippen LogP contribution in [-0.2, 0) is 0 Å². The van der Waals surface area contributed by atoms with Crippen molar-refractivity contribution in [3.8, 4) is 5.75 Å². The van der Waals surface area contributed by atoms with Gasteiger partial charge in [-0.3, -0.25) is 14.4 Å². The van der Waals surface area contributed by atoms with Gasteiger partial charge in [0.2, 0.25) is 0 Å². The van der Waals surface area contributed by atoms with Crippen molar-refractivity contribution in [3.63, 3.8) is 0 Å². The molecule has 0 saturated heterocycles. The van der Waals surface area contributed by atoms with Crippen molar-refractivity contribution in [2.75, 3.05) is 4.90 Å². The molecule has 32 heavy (non-hydrogen) atoms. The number of anilines is 1. The minimum atomic E-state index is -0.659. The van der Waals surface area contributed by atoms with E-state index in [4.69, 9.17) is 4.74 Å². The fourth-order valence-electron chi connectivity index (χ4n) is 3.63. The number of carbonyl (C=O) groups excluding carboxylic acids is 4. The Morgan fingerprint density at radius 1 is 0.812 bits per heavy atom. The highest BCUT2D eigenvalue weighted by atomic mass is 16.5. The Bertz CT molecular complexity index is 1270. The van der Waals surface area contributed by atoms with E-state index in [2.05, 4.69) is 0 Å². The van der Waals surface area contributed by atoms with Gasteiger partial charge in [-0.1, -0.05) is 19.1 Å². The molecule has 0 aromatic heterocycles. The monoisotopic (exact) mass is 427 g/mol. The van der Waals surface area contributed by atoms with Crippen molar-refractivity contribution in [3.05, 3.63) is 94.0 Å². The fourth-order valence-corrected chi connectivity index (χ4v) is 3.63. The second-order valence-electron chi connectivity index (χ2n) is 7.69. The number of hydrogen-bond donors (Lipinski definition) is 0. The van der Waals surface area contributed by atoms with Gasteiger partial charge in [0.05, 0.1) is 22.4 Å². The van der Waals surface area contributed by atoms with E-state index in [1.165, 1.54) is 18.2 Å². The number of nitrogens with zero attached hydrogens (tertiary/aromatic N) is 1. The number of carbonyl (C=O) groups is 4. The summed E-state index contributed by atoms with van der Waals surface area (Å²) in [5.74, 6) is -1.28. The molecule has 1 heterocycles. The molecule has 3 aromatic carbocycles. The third-order valence-electron chi connectivity index (χ3n) is 5.44. The van der Waals surface area contributed by atoms with Crippen LogP contribution in [0.1, 0.15) is 65.9 Å². The molecule has 3 aromatic rings. The zero-order chi connectivity index (χ0) is 23.0. The van der Waals surface area contributed by atoms with Crippen LogP contribution < -0.4 is 9.64 Å². The van der Waals surface area contributed by atoms with E-state index >= 15 is 0 Å². The SMILES string of the molecule is CCC(=O)c1ccc(OC(=O)c2ccc3c(c2)C(=O)N(c2cc(C)ccc2C)C3=O)cc1. The van der Waals surface area contributed by atoms with Gasteiger partial charge in [-0.25, -0.2) is 9.69 Å². The molecule has 6 heteroatoms. The lowest BCUT2D eigenvalue weighted by Crippen LogP contribution is -2.30. The van der Waals surface area contributed by atoms with Crippen LogP contribution in [0.2, 0.25) is 0 Å². The van der Waals surface area contributed by atoms with E-state index in [0.717, 1.165) is 16.0 Å². The van der Waals surface area contributed by atoms with Gasteiger partial charge in [0, 0.05) is 12.0 Å². The van der Waals surface area contributed by atoms with Crippen LogP contribution in [0.25, 0.3) is 0 Å². The fraction of sp³-hybridized carbons (Fsp3) is 0.154. The van der Waals surface area contributed by atoms with Crippen LogP contribution >= 0.6 is 0 Å². The minimum absolute atomic E-state index is 0.00178. The molecule has 6 nitrogen and oxygen atoms in total. The molecule has 0 bridgehead atoms. The maximum atomic E-state index is 13.1. The number of aryl methyl sites for hydroxylation is 2. The smallest absolute Gasteiger partial charge is 0.343 e. The topological polar surface area (TPSA) is 80.8 Å². The van der Waals surface area contributed by atoms with Crippen LogP contribution in [0.5, 0.6) is 5.75 Å². The minimum Gasteiger partial charge on any atom is -0.423 e. The maximum Gasteiger partial charge on any atom is 0.343 e. The van der Waals surface area contributed by atoms with Gasteiger partial charge in [0.15, 0.2) is 5.78 Å². The molecule has 0 fully saturated rings. The first kappa shape index (κ1) is 21.2. The summed E-state index contributed by atoms with van der Waals surface area (Å²) >= 11 is 0. The molecule has 0 aliphatic carbocycles. The summed E-state index contributed by atoms with van der Waals surface area (Å²) in [7, 11) is 0. The number of fused-ring (bicyclic) bond motifs is 1. The Hall–Kier alpha value is -4.06. The Morgan fingerprint density at radius 2 is 1.47 bits per heavy atom. The average Bonchev–Trinajstić information content (AvgIpc) is 3.04. The molecular formula is C26H21NO5. The number of ketones is 1. The standard InChI is InChI=1S/C26H21NO5/c1-4-23(28)17-7-10-19(11-8-17)32-26(31)18-9-12-20-21(14-18)25(30)27(24(20)29)22-13-15(2)5-6-16(22)3/h5-14H,4H2,1-3H3. The molecule has 1 aliphatic rings. The van der Waals surface area contributed by atoms with E-state index in [0.29, 0.717) is 17.7 Å². The zero-order valence-corrected chi connectivity index (χ0v) is 18.0. The summed E-state index contributed by atoms with van der Waals surface area (Å²) in [6.45, 7) is 5.50. The van der Waals surface area contributed by atoms with Gasteiger partial charge >= 0.3 is 5.97 Å². The number of benzene rings is 3. The molecule has 0 N–H and O–H groups in total. The van der Waals surface area contributed by atoms with E-state index in [1.54, 1.807) is 37.3 Å². The summed E-state index contributed by atoms with van der Waals surface area (Å²) in [5.41, 5.74) is 3.36. The molecule has 4 rings (SSSR count). The van der Waals surface area contributed by atoms with E-state index in [9.17, 15) is 19.2 Å². The lowest BCUT2D eigenvalue weighted by molar-refractivity contribution is 0.0734. The number of hydrogen-bond acceptors (Lipinski definition) is 5. The molecule has 0 atom stereocenters. The van der Waals surface area contributed by atoms with Crippen molar-refractivity contribution in [1.82, 2.24) is 0 Å². The normalized spacial score (nSPS) is 12.7. The second-order valence-corrected chi connectivity index (χ2v) is 7.69. The van der Waals surface area contributed by atoms with Crippen LogP contribution in [-0.4, -0.2) is 23.6 Å². The van der Waals surface area contributed by atoms with Crippen molar-refractivity contribution in [2.24, 2.45) is 0 Å². The number of amides is 2. The Labute approximate surface area is 185 Å². The second kappa shape index (κ2) is 8.23. The Balaban J connectivity index is 1.59. The van der Waals surface area contributed by atoms with Crippen LogP contribution in [0.15, 0.2) is 60.7 Å². The highest BCUT2D eigenvalue weighted by Gasteiger charge is 2.38. The average molecular weight is 427 g/mol. The lowest BCUT2D eigenvalue weighted by atomic mass is 10.1. The highest BCUT2D eigenvalue weighted by molar-refractivity contribution is 6.35. The highest BCUT2D eigenvalue weighted by Crippen LogP contribution is 2.32. The Morgan fingerprint density at radius 3 is 2.16 bits per heavy atom. The van der Waals surface area contributed by atoms with Crippen LogP contribution in [0.3, 0.4) is 0 Å². The summed E-state index contributed by atoms with van der Waals surface area (Å²) in [6.07, 6.45) is 0.389. The zero-order valence-electron chi connectivity index (χ0n) is 18.0. The first-order valence-corrected chi connectivity index (χ1v) is 10.3. The van der Waals surface area contributed by atoms with Gasteiger partial charge in [0.1, 0.15) is 5.75 Å². The summed E-state index contributed by atoms with van der Waals surface area (Å²) in [6, 6.07) is 16.2. The number of rotatable bonds is 5. The van der Waals surface area contributed by atoms with Gasteiger partial charge in [-0.2, -0.15) is 0 Å². The molecule has 0 saturated carbocycles. The molecular weight excluding hydrogens is 406 g/mol. The van der Waals surface area contributed by atoms with Crippen LogP contribution in [0, 0.1) is 13.8 Å². The largest absolute Gasteiger partial charge is 0.423 e. The van der Waals surface area contributed by atoms with Gasteiger partial charge < -0.3 is 4.74 Å². The number of imide groups is 1. The summed E-state index contributed by atoms with van der Waals surface area (Å²) in [5, 5.41) is 0. The Kier molecular flexibility index (Phi) is 5.45. The van der Waals surface area contributed by atoms with Gasteiger partial charge in [-0.15, -0.1) is 0 Å². The molecule has 1 aliphatic heterocycles. The van der Waals surface area contributed by atoms with Crippen molar-refractivity contribution in [1.29, 1.82) is 0 Å². The number of Topliss-reactive ketones (excluding diaryl/α,β-unsaturated/α-hetero) is 1.